The van der Waals surface area contributed by atoms with Gasteiger partial charge in [-0.25, -0.2) is 0 Å². The molecule has 0 aliphatic carbocycles. The van der Waals surface area contributed by atoms with Gasteiger partial charge in [-0.15, -0.1) is 11.8 Å². The fraction of sp³-hybridized carbons (Fsp3) is 0.300. The average molecular weight is 386 g/mol. The first-order chi connectivity index (χ1) is 12.6. The minimum Gasteiger partial charge on any atom is -0.305 e. The number of thioether (sulfide) groups is 2. The smallest absolute Gasteiger partial charge is 0.239 e. The zero-order chi connectivity index (χ0) is 18.4. The van der Waals surface area contributed by atoms with E-state index in [0.717, 1.165) is 24.4 Å². The van der Waals surface area contributed by atoms with E-state index in [9.17, 15) is 4.79 Å². The van der Waals surface area contributed by atoms with Crippen LogP contribution in [0.5, 0.6) is 0 Å². The van der Waals surface area contributed by atoms with Gasteiger partial charge in [0.05, 0.1) is 5.25 Å². The summed E-state index contributed by atoms with van der Waals surface area (Å²) in [5.41, 5.74) is 2.48. The molecule has 1 unspecified atom stereocenters. The predicted octanol–water partition coefficient (Wildman–Crippen LogP) is 3.62. The number of benzene rings is 2. The van der Waals surface area contributed by atoms with Crippen LogP contribution in [0.15, 0.2) is 59.5 Å². The Bertz CT molecular complexity index is 749. The van der Waals surface area contributed by atoms with Gasteiger partial charge >= 0.3 is 0 Å². The molecule has 1 saturated heterocycles. The Balaban J connectivity index is 1.41. The Morgan fingerprint density at radius 2 is 1.85 bits per heavy atom. The van der Waals surface area contributed by atoms with E-state index < -0.39 is 0 Å². The van der Waals surface area contributed by atoms with Crippen LogP contribution in [0.1, 0.15) is 11.1 Å². The van der Waals surface area contributed by atoms with Crippen LogP contribution in [-0.2, 0) is 17.8 Å². The van der Waals surface area contributed by atoms with Crippen molar-refractivity contribution in [1.82, 2.24) is 10.2 Å². The molecule has 1 aliphatic rings. The summed E-state index contributed by atoms with van der Waals surface area (Å²) in [4.78, 5) is 15.3. The third-order valence-electron chi connectivity index (χ3n) is 4.17. The fourth-order valence-electron chi connectivity index (χ4n) is 2.78. The first kappa shape index (κ1) is 19.0. The largest absolute Gasteiger partial charge is 0.305 e. The van der Waals surface area contributed by atoms with E-state index in [1.54, 1.807) is 0 Å². The average Bonchev–Trinajstić information content (AvgIpc) is 2.94. The lowest BCUT2D eigenvalue weighted by molar-refractivity contribution is -0.118. The predicted molar refractivity (Wildman–Crippen MR) is 111 cm³/mol. The molecule has 0 aromatic heterocycles. The van der Waals surface area contributed by atoms with Gasteiger partial charge in [-0.2, -0.15) is 0 Å². The summed E-state index contributed by atoms with van der Waals surface area (Å²) in [5, 5.41) is 10.2. The van der Waals surface area contributed by atoms with Gasteiger partial charge in [0, 0.05) is 23.7 Å². The molecule has 2 N–H and O–H groups in total. The lowest BCUT2D eigenvalue weighted by atomic mass is 10.1. The number of nitrogens with one attached hydrogen (secondary N) is 2. The van der Waals surface area contributed by atoms with Gasteiger partial charge in [0.25, 0.3) is 0 Å². The number of amides is 1. The van der Waals surface area contributed by atoms with Crippen LogP contribution >= 0.6 is 23.5 Å². The number of hydrogen-bond acceptors (Lipinski definition) is 5. The SMILES string of the molecule is CN(CCSc1ccc(CC2SC(=N)NC2=O)cc1)Cc1ccccc1. The van der Waals surface area contributed by atoms with E-state index in [4.69, 9.17) is 5.41 Å². The van der Waals surface area contributed by atoms with Gasteiger partial charge in [-0.3, -0.25) is 10.2 Å². The highest BCUT2D eigenvalue weighted by atomic mass is 32.2. The van der Waals surface area contributed by atoms with Crippen LogP contribution in [0.3, 0.4) is 0 Å². The molecule has 6 heteroatoms. The van der Waals surface area contributed by atoms with Gasteiger partial charge < -0.3 is 10.2 Å². The Morgan fingerprint density at radius 1 is 1.12 bits per heavy atom. The second-order valence-electron chi connectivity index (χ2n) is 6.34. The van der Waals surface area contributed by atoms with Crippen molar-refractivity contribution in [2.45, 2.75) is 23.1 Å². The Labute approximate surface area is 163 Å². The quantitative estimate of drug-likeness (QED) is 0.682. The van der Waals surface area contributed by atoms with Gasteiger partial charge in [0.2, 0.25) is 5.91 Å². The van der Waals surface area contributed by atoms with Crippen molar-refractivity contribution in [2.24, 2.45) is 0 Å². The van der Waals surface area contributed by atoms with Crippen LogP contribution in [-0.4, -0.2) is 40.6 Å². The maximum absolute atomic E-state index is 11.7. The number of nitrogens with zero attached hydrogens (tertiary/aromatic N) is 1. The zero-order valence-corrected chi connectivity index (χ0v) is 16.4. The Hall–Kier alpha value is -1.76. The molecular weight excluding hydrogens is 362 g/mol. The number of carbonyl (C=O) groups is 1. The van der Waals surface area contributed by atoms with E-state index in [1.807, 2.05) is 17.8 Å². The van der Waals surface area contributed by atoms with Gasteiger partial charge in [-0.1, -0.05) is 54.2 Å². The summed E-state index contributed by atoms with van der Waals surface area (Å²) in [5.74, 6) is 0.987. The fourth-order valence-corrected chi connectivity index (χ4v) is 4.63. The summed E-state index contributed by atoms with van der Waals surface area (Å²) in [6, 6.07) is 19.0. The molecule has 2 aromatic rings. The molecular formula is C20H23N3OS2. The molecule has 0 spiro atoms. The second kappa shape index (κ2) is 9.26. The summed E-state index contributed by atoms with van der Waals surface area (Å²) >= 11 is 3.15. The van der Waals surface area contributed by atoms with Gasteiger partial charge in [0.1, 0.15) is 0 Å². The van der Waals surface area contributed by atoms with Gasteiger partial charge in [0.15, 0.2) is 5.17 Å². The van der Waals surface area contributed by atoms with Crippen molar-refractivity contribution >= 4 is 34.6 Å². The monoisotopic (exact) mass is 385 g/mol. The molecule has 1 atom stereocenters. The third-order valence-corrected chi connectivity index (χ3v) is 6.17. The van der Waals surface area contributed by atoms with Crippen LogP contribution in [0.2, 0.25) is 0 Å². The molecule has 1 heterocycles. The highest BCUT2D eigenvalue weighted by Gasteiger charge is 2.29. The minimum absolute atomic E-state index is 0.0556. The van der Waals surface area contributed by atoms with Crippen molar-refractivity contribution < 1.29 is 4.79 Å². The lowest BCUT2D eigenvalue weighted by Crippen LogP contribution is -2.25. The summed E-state index contributed by atoms with van der Waals surface area (Å²) in [7, 11) is 2.15. The standard InChI is InChI=1S/C20H23N3OS2/c1-23(14-16-5-3-2-4-6-16)11-12-25-17-9-7-15(8-10-17)13-18-19(24)22-20(21)26-18/h2-10,18H,11-14H2,1H3,(H2,21,22,24). The number of hydrogen-bond donors (Lipinski definition) is 2. The van der Waals surface area contributed by atoms with Crippen molar-refractivity contribution in [3.63, 3.8) is 0 Å². The van der Waals surface area contributed by atoms with Crippen molar-refractivity contribution in [3.05, 3.63) is 65.7 Å². The Morgan fingerprint density at radius 3 is 2.50 bits per heavy atom. The van der Waals surface area contributed by atoms with Crippen molar-refractivity contribution in [3.8, 4) is 0 Å². The van der Waals surface area contributed by atoms with E-state index in [1.165, 1.54) is 22.2 Å². The lowest BCUT2D eigenvalue weighted by Gasteiger charge is -2.16. The van der Waals surface area contributed by atoms with Crippen molar-refractivity contribution in [1.29, 1.82) is 5.41 Å². The first-order valence-electron chi connectivity index (χ1n) is 8.60. The number of carbonyl (C=O) groups excluding carboxylic acids is 1. The summed E-state index contributed by atoms with van der Waals surface area (Å²) in [6.45, 7) is 2.00. The van der Waals surface area contributed by atoms with Crippen LogP contribution in [0.25, 0.3) is 0 Å². The number of rotatable bonds is 8. The maximum atomic E-state index is 11.7. The maximum Gasteiger partial charge on any atom is 0.239 e. The summed E-state index contributed by atoms with van der Waals surface area (Å²) < 4.78 is 0. The van der Waals surface area contributed by atoms with Crippen molar-refractivity contribution in [2.75, 3.05) is 19.3 Å². The molecule has 0 bridgehead atoms. The van der Waals surface area contributed by atoms with Gasteiger partial charge in [-0.05, 0) is 36.7 Å². The molecule has 4 nitrogen and oxygen atoms in total. The van der Waals surface area contributed by atoms with Crippen LogP contribution < -0.4 is 5.32 Å². The van der Waals surface area contributed by atoms with E-state index in [0.29, 0.717) is 6.42 Å². The molecule has 1 aliphatic heterocycles. The second-order valence-corrected chi connectivity index (χ2v) is 8.73. The van der Waals surface area contributed by atoms with Crippen LogP contribution in [0.4, 0.5) is 0 Å². The molecule has 0 radical (unpaired) electrons. The zero-order valence-electron chi connectivity index (χ0n) is 14.8. The highest BCUT2D eigenvalue weighted by Crippen LogP contribution is 2.24. The topological polar surface area (TPSA) is 56.2 Å². The molecule has 0 saturated carbocycles. The van der Waals surface area contributed by atoms with E-state index >= 15 is 0 Å². The van der Waals surface area contributed by atoms with Crippen LogP contribution in [0, 0.1) is 5.41 Å². The molecule has 136 valence electrons. The van der Waals surface area contributed by atoms with E-state index in [-0.39, 0.29) is 16.3 Å². The first-order valence-corrected chi connectivity index (χ1v) is 10.5. The normalized spacial score (nSPS) is 16.9. The minimum atomic E-state index is -0.173. The van der Waals surface area contributed by atoms with E-state index in [2.05, 4.69) is 65.8 Å². The number of amidine groups is 1. The molecule has 2 aromatic carbocycles. The Kier molecular flexibility index (Phi) is 6.77. The third kappa shape index (κ3) is 5.62. The molecule has 3 rings (SSSR count). The molecule has 26 heavy (non-hydrogen) atoms. The summed E-state index contributed by atoms with van der Waals surface area (Å²) in [6.07, 6.45) is 0.670. The highest BCUT2D eigenvalue weighted by molar-refractivity contribution is 8.15. The molecule has 1 amide bonds. The molecule has 1 fully saturated rings.